The van der Waals surface area contributed by atoms with Gasteiger partial charge in [0.05, 0.1) is 0 Å². The lowest BCUT2D eigenvalue weighted by atomic mass is 9.84. The van der Waals surface area contributed by atoms with E-state index in [9.17, 15) is 4.39 Å². The molecule has 21 heavy (non-hydrogen) atoms. The number of likely N-dealkylation sites (N-methyl/N-ethyl adjacent to an activating group) is 1. The predicted molar refractivity (Wildman–Crippen MR) is 86.6 cm³/mol. The number of rotatable bonds is 5. The molecule has 0 aliphatic carbocycles. The van der Waals surface area contributed by atoms with E-state index in [0.717, 1.165) is 24.3 Å². The van der Waals surface area contributed by atoms with Crippen molar-refractivity contribution in [1.29, 1.82) is 0 Å². The van der Waals surface area contributed by atoms with Crippen LogP contribution in [0, 0.1) is 5.82 Å². The Bertz CT molecular complexity index is 590. The first kappa shape index (κ1) is 15.5. The molecule has 0 radical (unpaired) electrons. The van der Waals surface area contributed by atoms with Crippen LogP contribution >= 0.6 is 0 Å². The zero-order chi connectivity index (χ0) is 15.5. The van der Waals surface area contributed by atoms with Gasteiger partial charge in [-0.05, 0) is 42.4 Å². The molecule has 2 nitrogen and oxygen atoms in total. The lowest BCUT2D eigenvalue weighted by molar-refractivity contribution is 0.261. The minimum atomic E-state index is -0.182. The van der Waals surface area contributed by atoms with Crippen LogP contribution in [0.1, 0.15) is 25.0 Å². The summed E-state index contributed by atoms with van der Waals surface area (Å²) in [6.45, 7) is 6.03. The van der Waals surface area contributed by atoms with Crippen molar-refractivity contribution in [3.63, 3.8) is 0 Å². The summed E-state index contributed by atoms with van der Waals surface area (Å²) in [5.41, 5.74) is 8.78. The molecule has 0 saturated carbocycles. The number of hydrogen-bond acceptors (Lipinski definition) is 2. The molecule has 0 bridgehead atoms. The Kier molecular flexibility index (Phi) is 4.63. The fourth-order valence-electron chi connectivity index (χ4n) is 2.70. The molecular weight excluding hydrogens is 263 g/mol. The van der Waals surface area contributed by atoms with Crippen molar-refractivity contribution in [2.24, 2.45) is 0 Å². The number of nitrogen functional groups attached to an aromatic ring is 1. The Labute approximate surface area is 126 Å². The van der Waals surface area contributed by atoms with Crippen molar-refractivity contribution in [3.8, 4) is 0 Å². The highest BCUT2D eigenvalue weighted by Crippen LogP contribution is 2.25. The highest BCUT2D eigenvalue weighted by molar-refractivity contribution is 5.41. The lowest BCUT2D eigenvalue weighted by Gasteiger charge is -2.31. The molecule has 3 heteroatoms. The van der Waals surface area contributed by atoms with Gasteiger partial charge in [0.15, 0.2) is 0 Å². The van der Waals surface area contributed by atoms with Crippen LogP contribution in [0.25, 0.3) is 0 Å². The van der Waals surface area contributed by atoms with Gasteiger partial charge in [0.1, 0.15) is 5.82 Å². The van der Waals surface area contributed by atoms with E-state index in [1.54, 1.807) is 12.1 Å². The average Bonchev–Trinajstić information content (AvgIpc) is 2.38. The molecule has 0 saturated heterocycles. The molecule has 0 aromatic heterocycles. The highest BCUT2D eigenvalue weighted by Gasteiger charge is 2.22. The zero-order valence-electron chi connectivity index (χ0n) is 12.9. The van der Waals surface area contributed by atoms with E-state index in [2.05, 4.69) is 37.9 Å². The van der Waals surface area contributed by atoms with Gasteiger partial charge in [-0.3, -0.25) is 0 Å². The normalized spacial score (nSPS) is 11.9. The van der Waals surface area contributed by atoms with Gasteiger partial charge in [-0.15, -0.1) is 0 Å². The van der Waals surface area contributed by atoms with Crippen LogP contribution in [0.3, 0.4) is 0 Å². The fraction of sp³-hybridized carbons (Fsp3) is 0.333. The minimum Gasteiger partial charge on any atom is -0.399 e. The summed E-state index contributed by atoms with van der Waals surface area (Å²) in [6, 6.07) is 14.8. The maximum Gasteiger partial charge on any atom is 0.123 e. The van der Waals surface area contributed by atoms with Gasteiger partial charge in [0.2, 0.25) is 0 Å². The molecule has 0 atom stereocenters. The quantitative estimate of drug-likeness (QED) is 0.847. The summed E-state index contributed by atoms with van der Waals surface area (Å²) < 4.78 is 13.2. The second kappa shape index (κ2) is 6.27. The number of nitrogens with two attached hydrogens (primary N) is 1. The van der Waals surface area contributed by atoms with E-state index in [0.29, 0.717) is 0 Å². The summed E-state index contributed by atoms with van der Waals surface area (Å²) in [7, 11) is 2.06. The van der Waals surface area contributed by atoms with Crippen molar-refractivity contribution in [3.05, 3.63) is 65.5 Å². The first-order chi connectivity index (χ1) is 9.87. The van der Waals surface area contributed by atoms with Gasteiger partial charge in [-0.25, -0.2) is 4.39 Å². The topological polar surface area (TPSA) is 29.3 Å². The third-order valence-corrected chi connectivity index (χ3v) is 3.70. The molecule has 0 aliphatic heterocycles. The smallest absolute Gasteiger partial charge is 0.123 e. The Balaban J connectivity index is 2.03. The molecule has 2 aromatic carbocycles. The molecular formula is C18H23FN2. The van der Waals surface area contributed by atoms with Crippen LogP contribution in [0.4, 0.5) is 10.1 Å². The Morgan fingerprint density at radius 1 is 1.10 bits per heavy atom. The molecule has 0 fully saturated rings. The highest BCUT2D eigenvalue weighted by atomic mass is 19.1. The maximum absolute atomic E-state index is 13.2. The molecule has 0 aliphatic rings. The van der Waals surface area contributed by atoms with Gasteiger partial charge >= 0.3 is 0 Å². The predicted octanol–water partition coefficient (Wildman–Crippen LogP) is 3.82. The van der Waals surface area contributed by atoms with Crippen molar-refractivity contribution in [2.75, 3.05) is 19.3 Å². The molecule has 2 rings (SSSR count). The zero-order valence-corrected chi connectivity index (χ0v) is 12.9. The molecule has 112 valence electrons. The molecule has 0 spiro atoms. The maximum atomic E-state index is 13.2. The summed E-state index contributed by atoms with van der Waals surface area (Å²) in [6.07, 6.45) is 0. The van der Waals surface area contributed by atoms with Crippen LogP contribution in [0.5, 0.6) is 0 Å². The third-order valence-electron chi connectivity index (χ3n) is 3.70. The Morgan fingerprint density at radius 2 is 1.76 bits per heavy atom. The second-order valence-electron chi connectivity index (χ2n) is 6.31. The lowest BCUT2D eigenvalue weighted by Crippen LogP contribution is -2.34. The first-order valence-corrected chi connectivity index (χ1v) is 7.16. The number of hydrogen-bond donors (Lipinski definition) is 1. The number of anilines is 1. The minimum absolute atomic E-state index is 0.00970. The fourth-order valence-corrected chi connectivity index (χ4v) is 2.70. The molecule has 0 heterocycles. The van der Waals surface area contributed by atoms with Crippen molar-refractivity contribution in [2.45, 2.75) is 25.8 Å². The largest absolute Gasteiger partial charge is 0.399 e. The van der Waals surface area contributed by atoms with Crippen LogP contribution < -0.4 is 5.73 Å². The SMILES string of the molecule is CN(Cc1cccc(F)c1)CC(C)(C)c1ccc(N)cc1. The van der Waals surface area contributed by atoms with E-state index >= 15 is 0 Å². The van der Waals surface area contributed by atoms with Crippen LogP contribution in [0.15, 0.2) is 48.5 Å². The molecule has 2 aromatic rings. The summed E-state index contributed by atoms with van der Waals surface area (Å²) in [5.74, 6) is -0.182. The van der Waals surface area contributed by atoms with Crippen molar-refractivity contribution < 1.29 is 4.39 Å². The molecule has 0 unspecified atom stereocenters. The van der Waals surface area contributed by atoms with E-state index in [-0.39, 0.29) is 11.2 Å². The van der Waals surface area contributed by atoms with Crippen LogP contribution in [-0.4, -0.2) is 18.5 Å². The number of halogens is 1. The first-order valence-electron chi connectivity index (χ1n) is 7.16. The van der Waals surface area contributed by atoms with Crippen molar-refractivity contribution >= 4 is 5.69 Å². The van der Waals surface area contributed by atoms with E-state index in [4.69, 9.17) is 5.73 Å². The number of nitrogens with zero attached hydrogens (tertiary/aromatic N) is 1. The Morgan fingerprint density at radius 3 is 2.38 bits per heavy atom. The summed E-state index contributed by atoms with van der Waals surface area (Å²) in [5, 5.41) is 0. The number of benzene rings is 2. The average molecular weight is 286 g/mol. The van der Waals surface area contributed by atoms with Gasteiger partial charge < -0.3 is 10.6 Å². The van der Waals surface area contributed by atoms with E-state index < -0.39 is 0 Å². The third kappa shape index (κ3) is 4.30. The van der Waals surface area contributed by atoms with Gasteiger partial charge in [0, 0.05) is 24.2 Å². The summed E-state index contributed by atoms with van der Waals surface area (Å²) in [4.78, 5) is 2.21. The molecule has 0 amide bonds. The monoisotopic (exact) mass is 286 g/mol. The molecule has 2 N–H and O–H groups in total. The second-order valence-corrected chi connectivity index (χ2v) is 6.31. The van der Waals surface area contributed by atoms with Gasteiger partial charge in [-0.1, -0.05) is 38.1 Å². The van der Waals surface area contributed by atoms with Gasteiger partial charge in [0.25, 0.3) is 0 Å². The van der Waals surface area contributed by atoms with Crippen LogP contribution in [-0.2, 0) is 12.0 Å². The Hall–Kier alpha value is -1.87. The van der Waals surface area contributed by atoms with E-state index in [1.165, 1.54) is 11.6 Å². The van der Waals surface area contributed by atoms with Crippen molar-refractivity contribution in [1.82, 2.24) is 4.90 Å². The van der Waals surface area contributed by atoms with Crippen LogP contribution in [0.2, 0.25) is 0 Å². The van der Waals surface area contributed by atoms with E-state index in [1.807, 2.05) is 18.2 Å². The standard InChI is InChI=1S/C18H23FN2/c1-18(2,15-7-9-17(20)10-8-15)13-21(3)12-14-5-4-6-16(19)11-14/h4-11H,12-13,20H2,1-3H3. The van der Waals surface area contributed by atoms with Gasteiger partial charge in [-0.2, -0.15) is 0 Å². The summed E-state index contributed by atoms with van der Waals surface area (Å²) >= 11 is 0.